The molecule has 0 saturated heterocycles. The number of halogens is 2. The number of ether oxygens (including phenoxy) is 1. The predicted molar refractivity (Wildman–Crippen MR) is 72.0 cm³/mol. The zero-order valence-corrected chi connectivity index (χ0v) is 11.2. The van der Waals surface area contributed by atoms with Gasteiger partial charge >= 0.3 is 0 Å². The van der Waals surface area contributed by atoms with Crippen molar-refractivity contribution in [1.29, 1.82) is 0 Å². The summed E-state index contributed by atoms with van der Waals surface area (Å²) in [7, 11) is 0. The maximum atomic E-state index is 13.1. The van der Waals surface area contributed by atoms with Crippen LogP contribution < -0.4 is 4.74 Å². The molecular formula is C16H14F2O2. The number of carbonyl (C=O) groups is 1. The molecule has 2 aromatic rings. The van der Waals surface area contributed by atoms with Crippen molar-refractivity contribution in [3.63, 3.8) is 0 Å². The van der Waals surface area contributed by atoms with Gasteiger partial charge in [0.15, 0.2) is 0 Å². The van der Waals surface area contributed by atoms with Gasteiger partial charge in [-0.05, 0) is 54.8 Å². The van der Waals surface area contributed by atoms with Gasteiger partial charge in [0.2, 0.25) is 0 Å². The summed E-state index contributed by atoms with van der Waals surface area (Å²) in [5, 5.41) is 0. The van der Waals surface area contributed by atoms with E-state index in [0.717, 1.165) is 23.5 Å². The molecule has 0 atom stereocenters. The van der Waals surface area contributed by atoms with Gasteiger partial charge in [-0.15, -0.1) is 0 Å². The molecule has 0 saturated carbocycles. The van der Waals surface area contributed by atoms with E-state index in [-0.39, 0.29) is 6.61 Å². The van der Waals surface area contributed by atoms with Crippen molar-refractivity contribution < 1.29 is 18.3 Å². The molecular weight excluding hydrogens is 262 g/mol. The maximum absolute atomic E-state index is 13.1. The summed E-state index contributed by atoms with van der Waals surface area (Å²) in [6, 6.07) is 6.70. The number of rotatable bonds is 4. The number of hydrogen-bond acceptors (Lipinski definition) is 2. The van der Waals surface area contributed by atoms with Crippen LogP contribution in [0.1, 0.15) is 27.0 Å². The summed E-state index contributed by atoms with van der Waals surface area (Å²) in [5.74, 6) is -0.637. The number of hydrogen-bond donors (Lipinski definition) is 0. The minimum Gasteiger partial charge on any atom is -0.488 e. The van der Waals surface area contributed by atoms with Crippen molar-refractivity contribution in [3.8, 4) is 5.75 Å². The minimum atomic E-state index is -0.631. The molecule has 0 amide bonds. The molecule has 104 valence electrons. The average Bonchev–Trinajstić information content (AvgIpc) is 2.36. The molecule has 20 heavy (non-hydrogen) atoms. The smallest absolute Gasteiger partial charge is 0.150 e. The second kappa shape index (κ2) is 5.82. The van der Waals surface area contributed by atoms with Crippen LogP contribution in [-0.4, -0.2) is 6.29 Å². The molecule has 0 heterocycles. The van der Waals surface area contributed by atoms with Gasteiger partial charge in [-0.3, -0.25) is 4.79 Å². The predicted octanol–water partition coefficient (Wildman–Crippen LogP) is 3.97. The van der Waals surface area contributed by atoms with E-state index in [1.165, 1.54) is 12.1 Å². The highest BCUT2D eigenvalue weighted by atomic mass is 19.1. The van der Waals surface area contributed by atoms with Gasteiger partial charge in [-0.25, -0.2) is 8.78 Å². The molecule has 2 rings (SSSR count). The third kappa shape index (κ3) is 3.20. The van der Waals surface area contributed by atoms with Crippen molar-refractivity contribution in [2.75, 3.05) is 0 Å². The highest BCUT2D eigenvalue weighted by Gasteiger charge is 2.08. The lowest BCUT2D eigenvalue weighted by atomic mass is 10.1. The molecule has 0 N–H and O–H groups in total. The molecule has 0 aliphatic rings. The van der Waals surface area contributed by atoms with Crippen LogP contribution in [-0.2, 0) is 6.61 Å². The Labute approximate surface area is 116 Å². The molecule has 0 fully saturated rings. The molecule has 0 aliphatic heterocycles. The highest BCUT2D eigenvalue weighted by molar-refractivity contribution is 5.76. The minimum absolute atomic E-state index is 0.0663. The van der Waals surface area contributed by atoms with Crippen molar-refractivity contribution >= 4 is 6.29 Å². The van der Waals surface area contributed by atoms with E-state index in [4.69, 9.17) is 4.74 Å². The van der Waals surface area contributed by atoms with Crippen LogP contribution in [0.25, 0.3) is 0 Å². The lowest BCUT2D eigenvalue weighted by molar-refractivity contribution is 0.112. The molecule has 2 nitrogen and oxygen atoms in total. The monoisotopic (exact) mass is 276 g/mol. The molecule has 0 radical (unpaired) electrons. The third-order valence-electron chi connectivity index (χ3n) is 2.92. The van der Waals surface area contributed by atoms with E-state index < -0.39 is 11.6 Å². The van der Waals surface area contributed by atoms with E-state index in [2.05, 4.69) is 0 Å². The van der Waals surface area contributed by atoms with Gasteiger partial charge in [0, 0.05) is 11.6 Å². The molecule has 0 unspecified atom stereocenters. The standard InChI is InChI=1S/C16H14F2O2/c1-10-3-12(8-19)4-11(2)16(10)20-9-13-5-14(17)7-15(18)6-13/h3-8H,9H2,1-2H3. The second-order valence-electron chi connectivity index (χ2n) is 4.67. The topological polar surface area (TPSA) is 26.3 Å². The summed E-state index contributed by atoms with van der Waals surface area (Å²) in [6.07, 6.45) is 0.770. The molecule has 0 spiro atoms. The first-order chi connectivity index (χ1) is 9.49. The van der Waals surface area contributed by atoms with Gasteiger partial charge < -0.3 is 4.74 Å². The van der Waals surface area contributed by atoms with Crippen molar-refractivity contribution in [2.45, 2.75) is 20.5 Å². The van der Waals surface area contributed by atoms with Crippen LogP contribution in [0.3, 0.4) is 0 Å². The number of aldehydes is 1. The normalized spacial score (nSPS) is 10.4. The Morgan fingerprint density at radius 2 is 1.55 bits per heavy atom. The van der Waals surface area contributed by atoms with Gasteiger partial charge in [-0.2, -0.15) is 0 Å². The van der Waals surface area contributed by atoms with Crippen molar-refractivity contribution in [3.05, 3.63) is 64.2 Å². The van der Waals surface area contributed by atoms with Crippen molar-refractivity contribution in [1.82, 2.24) is 0 Å². The van der Waals surface area contributed by atoms with Gasteiger partial charge in [0.05, 0.1) is 0 Å². The van der Waals surface area contributed by atoms with Crippen LogP contribution >= 0.6 is 0 Å². The molecule has 2 aromatic carbocycles. The molecule has 0 aromatic heterocycles. The lowest BCUT2D eigenvalue weighted by Gasteiger charge is -2.13. The highest BCUT2D eigenvalue weighted by Crippen LogP contribution is 2.25. The Hall–Kier alpha value is -2.23. The first-order valence-electron chi connectivity index (χ1n) is 6.14. The maximum Gasteiger partial charge on any atom is 0.150 e. The largest absolute Gasteiger partial charge is 0.488 e. The van der Waals surface area contributed by atoms with E-state index in [9.17, 15) is 13.6 Å². The van der Waals surface area contributed by atoms with Crippen LogP contribution in [0, 0.1) is 25.5 Å². The zero-order valence-electron chi connectivity index (χ0n) is 11.2. The van der Waals surface area contributed by atoms with E-state index in [0.29, 0.717) is 16.9 Å². The first-order valence-corrected chi connectivity index (χ1v) is 6.14. The Kier molecular flexibility index (Phi) is 4.13. The SMILES string of the molecule is Cc1cc(C=O)cc(C)c1OCc1cc(F)cc(F)c1. The van der Waals surface area contributed by atoms with Gasteiger partial charge in [-0.1, -0.05) is 0 Å². The first kappa shape index (κ1) is 14.2. The summed E-state index contributed by atoms with van der Waals surface area (Å²) >= 11 is 0. The van der Waals surface area contributed by atoms with Gasteiger partial charge in [0.25, 0.3) is 0 Å². The van der Waals surface area contributed by atoms with Crippen LogP contribution in [0.2, 0.25) is 0 Å². The molecule has 4 heteroatoms. The van der Waals surface area contributed by atoms with Crippen LogP contribution in [0.15, 0.2) is 30.3 Å². The average molecular weight is 276 g/mol. The van der Waals surface area contributed by atoms with E-state index in [1.54, 1.807) is 12.1 Å². The molecule has 0 bridgehead atoms. The fourth-order valence-corrected chi connectivity index (χ4v) is 2.13. The number of carbonyl (C=O) groups excluding carboxylic acids is 1. The van der Waals surface area contributed by atoms with Gasteiger partial charge in [0.1, 0.15) is 30.3 Å². The summed E-state index contributed by atoms with van der Waals surface area (Å²) in [5.41, 5.74) is 2.61. The second-order valence-corrected chi connectivity index (χ2v) is 4.67. The Morgan fingerprint density at radius 3 is 2.05 bits per heavy atom. The summed E-state index contributed by atoms with van der Waals surface area (Å²) in [6.45, 7) is 3.71. The van der Waals surface area contributed by atoms with Crippen LogP contribution in [0.4, 0.5) is 8.78 Å². The quantitative estimate of drug-likeness (QED) is 0.790. The van der Waals surface area contributed by atoms with E-state index >= 15 is 0 Å². The molecule has 0 aliphatic carbocycles. The van der Waals surface area contributed by atoms with Crippen molar-refractivity contribution in [2.24, 2.45) is 0 Å². The zero-order chi connectivity index (χ0) is 14.7. The number of benzene rings is 2. The summed E-state index contributed by atoms with van der Waals surface area (Å²) < 4.78 is 31.8. The lowest BCUT2D eigenvalue weighted by Crippen LogP contribution is -2.01. The Balaban J connectivity index is 2.20. The fourth-order valence-electron chi connectivity index (χ4n) is 2.13. The Morgan fingerprint density at radius 1 is 1.00 bits per heavy atom. The van der Waals surface area contributed by atoms with Crippen LogP contribution in [0.5, 0.6) is 5.75 Å². The number of aryl methyl sites for hydroxylation is 2. The van der Waals surface area contributed by atoms with E-state index in [1.807, 2.05) is 13.8 Å². The third-order valence-corrected chi connectivity index (χ3v) is 2.92. The fraction of sp³-hybridized carbons (Fsp3) is 0.188. The Bertz CT molecular complexity index is 608. The summed E-state index contributed by atoms with van der Waals surface area (Å²) in [4.78, 5) is 10.8.